The van der Waals surface area contributed by atoms with Crippen molar-refractivity contribution in [1.29, 1.82) is 0 Å². The molecule has 0 bridgehead atoms. The molecule has 0 aliphatic carbocycles. The van der Waals surface area contributed by atoms with Gasteiger partial charge in [-0.15, -0.1) is 0 Å². The maximum absolute atomic E-state index is 13.3. The number of benzene rings is 2. The Labute approximate surface area is 186 Å². The van der Waals surface area contributed by atoms with Gasteiger partial charge in [-0.3, -0.25) is 14.4 Å². The van der Waals surface area contributed by atoms with Crippen LogP contribution in [0.2, 0.25) is 0 Å². The molecule has 0 aromatic heterocycles. The second-order valence-electron chi connectivity index (χ2n) is 8.21. The van der Waals surface area contributed by atoms with E-state index in [9.17, 15) is 23.2 Å². The highest BCUT2D eigenvalue weighted by molar-refractivity contribution is 5.92. The maximum atomic E-state index is 13.3. The molecular weight excluding hydrogens is 416 g/mol. The molecule has 3 rings (SSSR count). The largest absolute Gasteiger partial charge is 0.344 e. The Balaban J connectivity index is 1.56. The number of hydrogen-bond acceptors (Lipinski definition) is 3. The van der Waals surface area contributed by atoms with Crippen LogP contribution in [-0.4, -0.2) is 48.3 Å². The van der Waals surface area contributed by atoms with Crippen LogP contribution in [0.1, 0.15) is 36.8 Å². The van der Waals surface area contributed by atoms with E-state index in [-0.39, 0.29) is 23.8 Å². The van der Waals surface area contributed by atoms with Crippen molar-refractivity contribution in [3.05, 3.63) is 71.3 Å². The van der Waals surface area contributed by atoms with E-state index in [0.717, 1.165) is 30.2 Å². The molecule has 1 aliphatic rings. The maximum Gasteiger partial charge on any atom is 0.244 e. The molecule has 0 unspecified atom stereocenters. The van der Waals surface area contributed by atoms with Crippen LogP contribution in [-0.2, 0) is 20.8 Å². The van der Waals surface area contributed by atoms with E-state index in [1.54, 1.807) is 11.9 Å². The zero-order valence-electron chi connectivity index (χ0n) is 18.1. The molecule has 3 atom stereocenters. The van der Waals surface area contributed by atoms with Crippen LogP contribution in [0.5, 0.6) is 0 Å². The van der Waals surface area contributed by atoms with Gasteiger partial charge in [-0.2, -0.15) is 0 Å². The summed E-state index contributed by atoms with van der Waals surface area (Å²) in [5, 5.41) is 5.25. The van der Waals surface area contributed by atoms with E-state index in [0.29, 0.717) is 13.0 Å². The van der Waals surface area contributed by atoms with Crippen molar-refractivity contribution in [2.75, 3.05) is 13.6 Å². The topological polar surface area (TPSA) is 78.5 Å². The Morgan fingerprint density at radius 2 is 1.75 bits per heavy atom. The monoisotopic (exact) mass is 443 g/mol. The fourth-order valence-corrected chi connectivity index (χ4v) is 3.95. The van der Waals surface area contributed by atoms with Crippen molar-refractivity contribution in [2.45, 2.75) is 44.2 Å². The van der Waals surface area contributed by atoms with Gasteiger partial charge in [-0.1, -0.05) is 30.3 Å². The fraction of sp³-hybridized carbons (Fsp3) is 0.375. The van der Waals surface area contributed by atoms with E-state index >= 15 is 0 Å². The highest BCUT2D eigenvalue weighted by Gasteiger charge is 2.31. The van der Waals surface area contributed by atoms with Crippen molar-refractivity contribution in [1.82, 2.24) is 15.5 Å². The van der Waals surface area contributed by atoms with Crippen LogP contribution in [0.3, 0.4) is 0 Å². The minimum atomic E-state index is -0.910. The van der Waals surface area contributed by atoms with Crippen molar-refractivity contribution in [3.8, 4) is 0 Å². The van der Waals surface area contributed by atoms with Crippen molar-refractivity contribution in [2.24, 2.45) is 0 Å². The molecule has 8 heteroatoms. The average Bonchev–Trinajstić information content (AvgIpc) is 2.87. The third-order valence-corrected chi connectivity index (χ3v) is 5.62. The minimum absolute atomic E-state index is 0.167. The number of amides is 3. The fourth-order valence-electron chi connectivity index (χ4n) is 3.95. The van der Waals surface area contributed by atoms with Gasteiger partial charge in [0.15, 0.2) is 0 Å². The number of nitrogens with zero attached hydrogens (tertiary/aromatic N) is 1. The summed E-state index contributed by atoms with van der Waals surface area (Å²) >= 11 is 0. The lowest BCUT2D eigenvalue weighted by Gasteiger charge is -2.23. The highest BCUT2D eigenvalue weighted by Crippen LogP contribution is 2.26. The van der Waals surface area contributed by atoms with Gasteiger partial charge in [0.25, 0.3) is 0 Å². The lowest BCUT2D eigenvalue weighted by Crippen LogP contribution is -2.52. The molecular formula is C24H27F2N3O3. The average molecular weight is 443 g/mol. The number of carbonyl (C=O) groups is 3. The summed E-state index contributed by atoms with van der Waals surface area (Å²) in [4.78, 5) is 39.2. The molecule has 3 amide bonds. The molecule has 1 aliphatic heterocycles. The normalized spacial score (nSPS) is 19.8. The summed E-state index contributed by atoms with van der Waals surface area (Å²) in [6.07, 6.45) is 0.949. The van der Waals surface area contributed by atoms with Crippen LogP contribution in [0.25, 0.3) is 0 Å². The molecule has 2 aromatic carbocycles. The van der Waals surface area contributed by atoms with Gasteiger partial charge in [-0.05, 0) is 43.0 Å². The number of carbonyl (C=O) groups excluding carboxylic acids is 3. The number of nitrogens with one attached hydrogen (secondary N) is 2. The zero-order chi connectivity index (χ0) is 23.3. The molecule has 1 fully saturated rings. The Morgan fingerprint density at radius 1 is 1.09 bits per heavy atom. The first kappa shape index (κ1) is 23.4. The Bertz CT molecular complexity index is 963. The van der Waals surface area contributed by atoms with E-state index in [4.69, 9.17) is 0 Å². The number of rotatable bonds is 6. The van der Waals surface area contributed by atoms with Gasteiger partial charge in [-0.25, -0.2) is 8.78 Å². The molecule has 1 saturated heterocycles. The standard InChI is InChI=1S/C24H27F2N3O3/c1-15(27-22(30)12-16-10-19(25)13-20(26)11-16)23(31)28-21-9-8-18(14-29(2)24(21)32)17-6-4-3-5-7-17/h3-7,10-11,13,15,18,21H,8-9,12,14H2,1-2H3,(H,27,30)(H,28,31)/t15-,18-,21-/m0/s1. The Kier molecular flexibility index (Phi) is 7.56. The van der Waals surface area contributed by atoms with E-state index in [1.807, 2.05) is 30.3 Å². The van der Waals surface area contributed by atoms with E-state index in [2.05, 4.69) is 10.6 Å². The second kappa shape index (κ2) is 10.3. The third-order valence-electron chi connectivity index (χ3n) is 5.62. The van der Waals surface area contributed by atoms with Crippen LogP contribution >= 0.6 is 0 Å². The summed E-state index contributed by atoms with van der Waals surface area (Å²) in [5.41, 5.74) is 1.31. The highest BCUT2D eigenvalue weighted by atomic mass is 19.1. The van der Waals surface area contributed by atoms with E-state index < -0.39 is 35.5 Å². The molecule has 2 aromatic rings. The van der Waals surface area contributed by atoms with E-state index in [1.165, 1.54) is 6.92 Å². The summed E-state index contributed by atoms with van der Waals surface area (Å²) < 4.78 is 26.6. The molecule has 0 saturated carbocycles. The first-order chi connectivity index (χ1) is 15.2. The van der Waals surface area contributed by atoms with Crippen LogP contribution in [0.4, 0.5) is 8.78 Å². The molecule has 2 N–H and O–H groups in total. The molecule has 1 heterocycles. The number of likely N-dealkylation sites (tertiary alicyclic amines) is 1. The summed E-state index contributed by atoms with van der Waals surface area (Å²) in [7, 11) is 1.71. The molecule has 0 spiro atoms. The predicted molar refractivity (Wildman–Crippen MR) is 116 cm³/mol. The van der Waals surface area contributed by atoms with Crippen molar-refractivity contribution in [3.63, 3.8) is 0 Å². The van der Waals surface area contributed by atoms with Crippen molar-refractivity contribution < 1.29 is 23.2 Å². The number of hydrogen-bond donors (Lipinski definition) is 2. The lowest BCUT2D eigenvalue weighted by molar-refractivity contribution is -0.135. The predicted octanol–water partition coefficient (Wildman–Crippen LogP) is 2.53. The van der Waals surface area contributed by atoms with Crippen molar-refractivity contribution >= 4 is 17.7 Å². The van der Waals surface area contributed by atoms with Gasteiger partial charge in [0.05, 0.1) is 6.42 Å². The van der Waals surface area contributed by atoms with Gasteiger partial charge in [0.1, 0.15) is 23.7 Å². The smallest absolute Gasteiger partial charge is 0.244 e. The van der Waals surface area contributed by atoms with Gasteiger partial charge >= 0.3 is 0 Å². The number of halogens is 2. The van der Waals surface area contributed by atoms with Gasteiger partial charge in [0.2, 0.25) is 17.7 Å². The molecule has 32 heavy (non-hydrogen) atoms. The number of likely N-dealkylation sites (N-methyl/N-ethyl adjacent to an activating group) is 1. The molecule has 6 nitrogen and oxygen atoms in total. The third kappa shape index (κ3) is 6.12. The Morgan fingerprint density at radius 3 is 2.41 bits per heavy atom. The lowest BCUT2D eigenvalue weighted by atomic mass is 9.94. The minimum Gasteiger partial charge on any atom is -0.344 e. The molecule has 0 radical (unpaired) electrons. The zero-order valence-corrected chi connectivity index (χ0v) is 18.1. The van der Waals surface area contributed by atoms with Crippen LogP contribution < -0.4 is 10.6 Å². The first-order valence-corrected chi connectivity index (χ1v) is 10.6. The quantitative estimate of drug-likeness (QED) is 0.720. The van der Waals surface area contributed by atoms with Gasteiger partial charge in [0, 0.05) is 25.6 Å². The van der Waals surface area contributed by atoms with Crippen LogP contribution in [0, 0.1) is 11.6 Å². The second-order valence-corrected chi connectivity index (χ2v) is 8.21. The summed E-state index contributed by atoms with van der Waals surface area (Å²) in [6.45, 7) is 2.06. The summed E-state index contributed by atoms with van der Waals surface area (Å²) in [5.74, 6) is -2.59. The first-order valence-electron chi connectivity index (χ1n) is 10.6. The Hall–Kier alpha value is -3.29. The SMILES string of the molecule is C[C@H](NC(=O)Cc1cc(F)cc(F)c1)C(=O)N[C@H]1CC[C@H](c2ccccc2)CN(C)C1=O. The molecule has 170 valence electrons. The summed E-state index contributed by atoms with van der Waals surface area (Å²) in [6, 6.07) is 11.2. The van der Waals surface area contributed by atoms with Crippen LogP contribution in [0.15, 0.2) is 48.5 Å². The van der Waals surface area contributed by atoms with Gasteiger partial charge < -0.3 is 15.5 Å².